The number of aromatic nitrogens is 2. The molecule has 1 aliphatic rings. The van der Waals surface area contributed by atoms with Gasteiger partial charge in [0.1, 0.15) is 18.0 Å². The van der Waals surface area contributed by atoms with Crippen LogP contribution in [-0.2, 0) is 4.74 Å². The van der Waals surface area contributed by atoms with Crippen LogP contribution in [0.4, 0.5) is 17.3 Å². The molecule has 1 unspecified atom stereocenters. The zero-order valence-electron chi connectivity index (χ0n) is 12.2. The molecule has 2 heterocycles. The molecule has 2 aromatic rings. The number of nitrogens with zero attached hydrogens (tertiary/aromatic N) is 2. The van der Waals surface area contributed by atoms with Gasteiger partial charge in [0.2, 0.25) is 0 Å². The lowest BCUT2D eigenvalue weighted by Crippen LogP contribution is -2.19. The molecule has 1 atom stereocenters. The predicted molar refractivity (Wildman–Crippen MR) is 84.0 cm³/mol. The zero-order chi connectivity index (χ0) is 14.5. The van der Waals surface area contributed by atoms with Crippen LogP contribution in [0.5, 0.6) is 0 Å². The van der Waals surface area contributed by atoms with Crippen molar-refractivity contribution in [2.45, 2.75) is 25.9 Å². The minimum Gasteiger partial charge on any atom is -0.376 e. The first kappa shape index (κ1) is 13.8. The molecule has 5 heteroatoms. The van der Waals surface area contributed by atoms with Crippen LogP contribution in [0, 0.1) is 6.92 Å². The molecule has 0 bridgehead atoms. The second-order valence-electron chi connectivity index (χ2n) is 5.30. The first-order valence-electron chi connectivity index (χ1n) is 7.31. The second kappa shape index (κ2) is 6.54. The van der Waals surface area contributed by atoms with Crippen molar-refractivity contribution in [1.82, 2.24) is 9.97 Å². The summed E-state index contributed by atoms with van der Waals surface area (Å²) in [5, 5.41) is 6.58. The van der Waals surface area contributed by atoms with Crippen LogP contribution >= 0.6 is 0 Å². The Morgan fingerprint density at radius 2 is 2.00 bits per heavy atom. The number of hydrogen-bond donors (Lipinski definition) is 2. The Bertz CT molecular complexity index is 579. The number of anilines is 3. The lowest BCUT2D eigenvalue weighted by Gasteiger charge is -2.12. The lowest BCUT2D eigenvalue weighted by molar-refractivity contribution is 0.120. The molecule has 0 aliphatic carbocycles. The molecule has 0 spiro atoms. The minimum absolute atomic E-state index is 0.300. The quantitative estimate of drug-likeness (QED) is 0.883. The van der Waals surface area contributed by atoms with Gasteiger partial charge < -0.3 is 15.4 Å². The van der Waals surface area contributed by atoms with E-state index in [4.69, 9.17) is 4.74 Å². The SMILES string of the molecule is Cc1ccc(Nc2cc(NCC3CCCO3)ncn2)cc1. The highest BCUT2D eigenvalue weighted by atomic mass is 16.5. The molecule has 2 N–H and O–H groups in total. The highest BCUT2D eigenvalue weighted by Crippen LogP contribution is 2.17. The van der Waals surface area contributed by atoms with E-state index in [1.807, 2.05) is 18.2 Å². The Kier molecular flexibility index (Phi) is 4.31. The Morgan fingerprint density at radius 1 is 1.19 bits per heavy atom. The van der Waals surface area contributed by atoms with E-state index in [1.54, 1.807) is 6.33 Å². The maximum absolute atomic E-state index is 5.59. The van der Waals surface area contributed by atoms with Gasteiger partial charge in [-0.1, -0.05) is 17.7 Å². The van der Waals surface area contributed by atoms with Crippen molar-refractivity contribution in [3.05, 3.63) is 42.2 Å². The van der Waals surface area contributed by atoms with E-state index in [-0.39, 0.29) is 0 Å². The third-order valence-corrected chi connectivity index (χ3v) is 3.53. The van der Waals surface area contributed by atoms with Gasteiger partial charge in [-0.25, -0.2) is 9.97 Å². The molecule has 0 amide bonds. The first-order valence-corrected chi connectivity index (χ1v) is 7.31. The van der Waals surface area contributed by atoms with Crippen molar-refractivity contribution in [2.24, 2.45) is 0 Å². The van der Waals surface area contributed by atoms with E-state index in [0.29, 0.717) is 6.10 Å². The number of hydrogen-bond acceptors (Lipinski definition) is 5. The van der Waals surface area contributed by atoms with Crippen molar-refractivity contribution >= 4 is 17.3 Å². The molecule has 1 fully saturated rings. The average molecular weight is 284 g/mol. The summed E-state index contributed by atoms with van der Waals surface area (Å²) in [6.45, 7) is 3.74. The number of nitrogens with one attached hydrogen (secondary N) is 2. The fourth-order valence-corrected chi connectivity index (χ4v) is 2.33. The van der Waals surface area contributed by atoms with Crippen molar-refractivity contribution < 1.29 is 4.74 Å². The summed E-state index contributed by atoms with van der Waals surface area (Å²) in [5.41, 5.74) is 2.26. The van der Waals surface area contributed by atoms with Gasteiger partial charge in [-0.3, -0.25) is 0 Å². The van der Waals surface area contributed by atoms with E-state index in [2.05, 4.69) is 39.7 Å². The van der Waals surface area contributed by atoms with Crippen molar-refractivity contribution in [3.8, 4) is 0 Å². The standard InChI is InChI=1S/C16H20N4O/c1-12-4-6-13(7-5-12)20-16-9-15(18-11-19-16)17-10-14-3-2-8-21-14/h4-7,9,11,14H,2-3,8,10H2,1H3,(H2,17,18,19,20). The van der Waals surface area contributed by atoms with Gasteiger partial charge in [0.15, 0.2) is 0 Å². The Labute approximate surface area is 124 Å². The summed E-state index contributed by atoms with van der Waals surface area (Å²) in [5.74, 6) is 1.60. The molecule has 110 valence electrons. The number of rotatable bonds is 5. The third kappa shape index (κ3) is 3.92. The van der Waals surface area contributed by atoms with E-state index >= 15 is 0 Å². The van der Waals surface area contributed by atoms with E-state index in [0.717, 1.165) is 43.3 Å². The van der Waals surface area contributed by atoms with Crippen molar-refractivity contribution in [3.63, 3.8) is 0 Å². The van der Waals surface area contributed by atoms with Crippen LogP contribution in [0.3, 0.4) is 0 Å². The van der Waals surface area contributed by atoms with Gasteiger partial charge in [0, 0.05) is 24.9 Å². The third-order valence-electron chi connectivity index (χ3n) is 3.53. The molecule has 1 saturated heterocycles. The summed E-state index contributed by atoms with van der Waals surface area (Å²) in [7, 11) is 0. The van der Waals surface area contributed by atoms with Crippen LogP contribution in [-0.4, -0.2) is 29.2 Å². The van der Waals surface area contributed by atoms with Crippen molar-refractivity contribution in [2.75, 3.05) is 23.8 Å². The van der Waals surface area contributed by atoms with Gasteiger partial charge in [-0.15, -0.1) is 0 Å². The second-order valence-corrected chi connectivity index (χ2v) is 5.30. The molecule has 1 aromatic heterocycles. The molecular formula is C16H20N4O. The Hall–Kier alpha value is -2.14. The summed E-state index contributed by atoms with van der Waals surface area (Å²) in [6, 6.07) is 10.1. The summed E-state index contributed by atoms with van der Waals surface area (Å²) in [6.07, 6.45) is 4.13. The molecule has 1 aliphatic heterocycles. The van der Waals surface area contributed by atoms with E-state index in [1.165, 1.54) is 5.56 Å². The molecule has 3 rings (SSSR count). The molecular weight excluding hydrogens is 264 g/mol. The normalized spacial score (nSPS) is 17.7. The molecule has 5 nitrogen and oxygen atoms in total. The van der Waals surface area contributed by atoms with Crippen molar-refractivity contribution in [1.29, 1.82) is 0 Å². The number of benzene rings is 1. The van der Waals surface area contributed by atoms with Gasteiger partial charge in [0.25, 0.3) is 0 Å². The first-order chi connectivity index (χ1) is 10.3. The Balaban J connectivity index is 1.60. The monoisotopic (exact) mass is 284 g/mol. The lowest BCUT2D eigenvalue weighted by atomic mass is 10.2. The highest BCUT2D eigenvalue weighted by molar-refractivity contribution is 5.58. The van der Waals surface area contributed by atoms with E-state index < -0.39 is 0 Å². The number of ether oxygens (including phenoxy) is 1. The topological polar surface area (TPSA) is 59.1 Å². The van der Waals surface area contributed by atoms with Gasteiger partial charge in [-0.2, -0.15) is 0 Å². The minimum atomic E-state index is 0.300. The zero-order valence-corrected chi connectivity index (χ0v) is 12.2. The average Bonchev–Trinajstić information content (AvgIpc) is 3.01. The highest BCUT2D eigenvalue weighted by Gasteiger charge is 2.15. The fraction of sp³-hybridized carbons (Fsp3) is 0.375. The maximum atomic E-state index is 5.59. The van der Waals surface area contributed by atoms with Crippen LogP contribution in [0.1, 0.15) is 18.4 Å². The molecule has 0 radical (unpaired) electrons. The van der Waals surface area contributed by atoms with Gasteiger partial charge >= 0.3 is 0 Å². The largest absolute Gasteiger partial charge is 0.376 e. The van der Waals surface area contributed by atoms with Crippen LogP contribution < -0.4 is 10.6 Å². The van der Waals surface area contributed by atoms with Gasteiger partial charge in [-0.05, 0) is 31.9 Å². The fourth-order valence-electron chi connectivity index (χ4n) is 2.33. The maximum Gasteiger partial charge on any atom is 0.135 e. The molecule has 21 heavy (non-hydrogen) atoms. The van der Waals surface area contributed by atoms with E-state index in [9.17, 15) is 0 Å². The summed E-state index contributed by atoms with van der Waals surface area (Å²) < 4.78 is 5.59. The van der Waals surface area contributed by atoms with Gasteiger partial charge in [0.05, 0.1) is 6.10 Å². The summed E-state index contributed by atoms with van der Waals surface area (Å²) in [4.78, 5) is 8.48. The van der Waals surface area contributed by atoms with Crippen LogP contribution in [0.25, 0.3) is 0 Å². The van der Waals surface area contributed by atoms with Crippen LogP contribution in [0.15, 0.2) is 36.7 Å². The summed E-state index contributed by atoms with van der Waals surface area (Å²) >= 11 is 0. The molecule has 1 aromatic carbocycles. The number of aryl methyl sites for hydroxylation is 1. The Morgan fingerprint density at radius 3 is 2.76 bits per heavy atom. The van der Waals surface area contributed by atoms with Crippen LogP contribution in [0.2, 0.25) is 0 Å². The predicted octanol–water partition coefficient (Wildman–Crippen LogP) is 3.12. The smallest absolute Gasteiger partial charge is 0.135 e. The molecule has 0 saturated carbocycles.